The van der Waals surface area contributed by atoms with Gasteiger partial charge in [-0.2, -0.15) is 0 Å². The number of rotatable bonds is 9. The second-order valence-corrected chi connectivity index (χ2v) is 7.36. The highest BCUT2D eigenvalue weighted by atomic mass is 16.5. The van der Waals surface area contributed by atoms with E-state index in [1.54, 1.807) is 12.1 Å². The number of carbonyl (C=O) groups is 1. The number of amides is 1. The van der Waals surface area contributed by atoms with Gasteiger partial charge in [-0.1, -0.05) is 66.7 Å². The van der Waals surface area contributed by atoms with Crippen molar-refractivity contribution in [3.8, 4) is 11.5 Å². The van der Waals surface area contributed by atoms with Gasteiger partial charge in [-0.25, -0.2) is 0 Å². The van der Waals surface area contributed by atoms with Crippen LogP contribution < -0.4 is 14.8 Å². The first-order valence-corrected chi connectivity index (χ1v) is 10.6. The lowest BCUT2D eigenvalue weighted by molar-refractivity contribution is 0.102. The first kappa shape index (κ1) is 21.2. The van der Waals surface area contributed by atoms with Crippen LogP contribution >= 0.6 is 0 Å². The summed E-state index contributed by atoms with van der Waals surface area (Å²) < 4.78 is 11.6. The molecular formula is C28H25NO3. The highest BCUT2D eigenvalue weighted by Gasteiger charge is 2.07. The zero-order valence-electron chi connectivity index (χ0n) is 17.7. The van der Waals surface area contributed by atoms with E-state index in [0.717, 1.165) is 17.7 Å². The van der Waals surface area contributed by atoms with E-state index in [2.05, 4.69) is 17.4 Å². The molecule has 0 aliphatic heterocycles. The number of benzene rings is 4. The van der Waals surface area contributed by atoms with Crippen molar-refractivity contribution in [3.63, 3.8) is 0 Å². The van der Waals surface area contributed by atoms with Crippen molar-refractivity contribution in [3.05, 3.63) is 126 Å². The van der Waals surface area contributed by atoms with Gasteiger partial charge in [-0.05, 0) is 47.5 Å². The molecule has 160 valence electrons. The fraction of sp³-hybridized carbons (Fsp3) is 0.107. The fourth-order valence-electron chi connectivity index (χ4n) is 3.24. The van der Waals surface area contributed by atoms with Crippen LogP contribution in [0.5, 0.6) is 11.5 Å². The Hall–Kier alpha value is -4.05. The minimum atomic E-state index is -0.180. The van der Waals surface area contributed by atoms with Crippen LogP contribution in [-0.2, 0) is 13.0 Å². The monoisotopic (exact) mass is 423 g/mol. The molecule has 0 unspecified atom stereocenters. The van der Waals surface area contributed by atoms with Gasteiger partial charge < -0.3 is 14.8 Å². The van der Waals surface area contributed by atoms with E-state index in [4.69, 9.17) is 9.47 Å². The topological polar surface area (TPSA) is 47.6 Å². The molecule has 0 heterocycles. The van der Waals surface area contributed by atoms with Crippen molar-refractivity contribution in [1.82, 2.24) is 0 Å². The number of ether oxygens (including phenoxy) is 2. The van der Waals surface area contributed by atoms with Gasteiger partial charge in [0.15, 0.2) is 0 Å². The predicted molar refractivity (Wildman–Crippen MR) is 127 cm³/mol. The molecule has 0 aromatic heterocycles. The van der Waals surface area contributed by atoms with Gasteiger partial charge in [-0.3, -0.25) is 4.79 Å². The standard InChI is InChI=1S/C28H25NO3/c30-28(24-14-16-26(17-15-24)31-19-18-22-8-3-1-4-9-22)29-25-12-7-13-27(20-25)32-21-23-10-5-2-6-11-23/h1-17,20H,18-19,21H2,(H,29,30). The Labute approximate surface area is 188 Å². The quantitative estimate of drug-likeness (QED) is 0.352. The van der Waals surface area contributed by atoms with Crippen LogP contribution in [0.4, 0.5) is 5.69 Å². The Bertz CT molecular complexity index is 1130. The molecule has 4 nitrogen and oxygen atoms in total. The average molecular weight is 424 g/mol. The Balaban J connectivity index is 1.28. The first-order valence-electron chi connectivity index (χ1n) is 10.6. The molecule has 4 aromatic carbocycles. The summed E-state index contributed by atoms with van der Waals surface area (Å²) in [5.74, 6) is 1.27. The Kier molecular flexibility index (Phi) is 7.17. The lowest BCUT2D eigenvalue weighted by atomic mass is 10.1. The molecule has 32 heavy (non-hydrogen) atoms. The maximum absolute atomic E-state index is 12.6. The highest BCUT2D eigenvalue weighted by Crippen LogP contribution is 2.20. The fourth-order valence-corrected chi connectivity index (χ4v) is 3.24. The van der Waals surface area contributed by atoms with E-state index in [-0.39, 0.29) is 5.91 Å². The van der Waals surface area contributed by atoms with E-state index in [1.807, 2.05) is 84.9 Å². The second kappa shape index (κ2) is 10.8. The van der Waals surface area contributed by atoms with E-state index < -0.39 is 0 Å². The summed E-state index contributed by atoms with van der Waals surface area (Å²) in [6, 6.07) is 34.7. The third kappa shape index (κ3) is 6.22. The van der Waals surface area contributed by atoms with Crippen LogP contribution in [0.25, 0.3) is 0 Å². The first-order chi connectivity index (χ1) is 15.8. The summed E-state index contributed by atoms with van der Waals surface area (Å²) in [4.78, 5) is 12.6. The predicted octanol–water partition coefficient (Wildman–Crippen LogP) is 6.14. The van der Waals surface area contributed by atoms with Gasteiger partial charge in [-0.15, -0.1) is 0 Å². The summed E-state index contributed by atoms with van der Waals surface area (Å²) in [5, 5.41) is 2.92. The van der Waals surface area contributed by atoms with Crippen LogP contribution in [0.15, 0.2) is 109 Å². The van der Waals surface area contributed by atoms with Crippen molar-refractivity contribution in [2.45, 2.75) is 13.0 Å². The molecule has 0 saturated heterocycles. The van der Waals surface area contributed by atoms with Gasteiger partial charge in [0.25, 0.3) is 5.91 Å². The molecule has 0 radical (unpaired) electrons. The molecule has 4 heteroatoms. The number of hydrogen-bond donors (Lipinski definition) is 1. The zero-order chi connectivity index (χ0) is 22.0. The molecule has 0 saturated carbocycles. The molecule has 0 fully saturated rings. The van der Waals surface area contributed by atoms with E-state index in [0.29, 0.717) is 30.2 Å². The third-order valence-corrected chi connectivity index (χ3v) is 4.96. The van der Waals surface area contributed by atoms with E-state index in [9.17, 15) is 4.79 Å². The Morgan fingerprint density at radius 3 is 2.06 bits per heavy atom. The molecule has 4 rings (SSSR count). The number of anilines is 1. The number of hydrogen-bond acceptors (Lipinski definition) is 3. The summed E-state index contributed by atoms with van der Waals surface area (Å²) >= 11 is 0. The van der Waals surface area contributed by atoms with E-state index >= 15 is 0 Å². The molecule has 1 N–H and O–H groups in total. The Morgan fingerprint density at radius 2 is 1.34 bits per heavy atom. The van der Waals surface area contributed by atoms with Crippen LogP contribution in [0.1, 0.15) is 21.5 Å². The van der Waals surface area contributed by atoms with Crippen molar-refractivity contribution >= 4 is 11.6 Å². The Morgan fingerprint density at radius 1 is 0.656 bits per heavy atom. The average Bonchev–Trinajstić information content (AvgIpc) is 2.85. The van der Waals surface area contributed by atoms with Crippen LogP contribution in [0.3, 0.4) is 0 Å². The minimum Gasteiger partial charge on any atom is -0.493 e. The number of carbonyl (C=O) groups excluding carboxylic acids is 1. The summed E-state index contributed by atoms with van der Waals surface area (Å²) in [6.07, 6.45) is 0.839. The molecular weight excluding hydrogens is 398 g/mol. The molecule has 0 aliphatic rings. The van der Waals surface area contributed by atoms with Crippen LogP contribution in [-0.4, -0.2) is 12.5 Å². The van der Waals surface area contributed by atoms with Crippen molar-refractivity contribution in [2.75, 3.05) is 11.9 Å². The number of nitrogens with one attached hydrogen (secondary N) is 1. The maximum Gasteiger partial charge on any atom is 0.255 e. The SMILES string of the molecule is O=C(Nc1cccc(OCc2ccccc2)c1)c1ccc(OCCc2ccccc2)cc1. The summed E-state index contributed by atoms with van der Waals surface area (Å²) in [6.45, 7) is 1.06. The molecule has 1 amide bonds. The molecule has 0 aliphatic carbocycles. The zero-order valence-corrected chi connectivity index (χ0v) is 17.7. The van der Waals surface area contributed by atoms with Crippen LogP contribution in [0, 0.1) is 0 Å². The molecule has 0 bridgehead atoms. The third-order valence-electron chi connectivity index (χ3n) is 4.96. The summed E-state index contributed by atoms with van der Waals surface area (Å²) in [5.41, 5.74) is 3.58. The second-order valence-electron chi connectivity index (χ2n) is 7.36. The van der Waals surface area contributed by atoms with Gasteiger partial charge in [0, 0.05) is 23.7 Å². The van der Waals surface area contributed by atoms with Crippen molar-refractivity contribution in [1.29, 1.82) is 0 Å². The van der Waals surface area contributed by atoms with Gasteiger partial charge in [0.1, 0.15) is 18.1 Å². The van der Waals surface area contributed by atoms with Crippen molar-refractivity contribution in [2.24, 2.45) is 0 Å². The van der Waals surface area contributed by atoms with Crippen LogP contribution in [0.2, 0.25) is 0 Å². The van der Waals surface area contributed by atoms with Gasteiger partial charge >= 0.3 is 0 Å². The lowest BCUT2D eigenvalue weighted by Gasteiger charge is -2.10. The maximum atomic E-state index is 12.6. The smallest absolute Gasteiger partial charge is 0.255 e. The molecule has 0 atom stereocenters. The van der Waals surface area contributed by atoms with Gasteiger partial charge in [0.2, 0.25) is 0 Å². The largest absolute Gasteiger partial charge is 0.493 e. The van der Waals surface area contributed by atoms with Gasteiger partial charge in [0.05, 0.1) is 6.61 Å². The highest BCUT2D eigenvalue weighted by molar-refractivity contribution is 6.04. The van der Waals surface area contributed by atoms with Crippen molar-refractivity contribution < 1.29 is 14.3 Å². The van der Waals surface area contributed by atoms with E-state index in [1.165, 1.54) is 5.56 Å². The normalized spacial score (nSPS) is 10.4. The molecule has 0 spiro atoms. The minimum absolute atomic E-state index is 0.180. The lowest BCUT2D eigenvalue weighted by Crippen LogP contribution is -2.12. The summed E-state index contributed by atoms with van der Waals surface area (Å²) in [7, 11) is 0. The molecule has 4 aromatic rings.